The number of carbonyl (C=O) groups excluding carboxylic acids is 1. The van der Waals surface area contributed by atoms with E-state index in [0.29, 0.717) is 13.0 Å². The molecule has 1 rings (SSSR count). The largest absolute Gasteiger partial charge is 0.462 e. The van der Waals surface area contributed by atoms with Crippen molar-refractivity contribution in [3.63, 3.8) is 0 Å². The predicted molar refractivity (Wildman–Crippen MR) is 65.3 cm³/mol. The van der Waals surface area contributed by atoms with Gasteiger partial charge in [-0.3, -0.25) is 4.79 Å². The molecule has 1 aliphatic heterocycles. The highest BCUT2D eigenvalue weighted by atomic mass is 16.5. The average molecular weight is 243 g/mol. The zero-order valence-corrected chi connectivity index (χ0v) is 10.6. The van der Waals surface area contributed by atoms with Crippen LogP contribution >= 0.6 is 0 Å². The number of hydrogen-bond acceptors (Lipinski definition) is 5. The third kappa shape index (κ3) is 8.50. The number of hydrogen-bond donors (Lipinski definition) is 2. The van der Waals surface area contributed by atoms with Crippen molar-refractivity contribution in [2.24, 2.45) is 10.8 Å². The molecule has 1 saturated heterocycles. The topological polar surface area (TPSA) is 113 Å². The minimum absolute atomic E-state index is 0.0390. The molecule has 0 aromatic heterocycles. The lowest BCUT2D eigenvalue weighted by Crippen LogP contribution is -2.47. The van der Waals surface area contributed by atoms with E-state index in [-0.39, 0.29) is 17.7 Å². The van der Waals surface area contributed by atoms with E-state index < -0.39 is 0 Å². The molecule has 1 heterocycles. The van der Waals surface area contributed by atoms with Gasteiger partial charge in [0, 0.05) is 17.5 Å². The normalized spacial score (nSPS) is 23.8. The lowest BCUT2D eigenvalue weighted by Gasteiger charge is -2.25. The summed E-state index contributed by atoms with van der Waals surface area (Å²) >= 11 is 0. The number of piperidine rings is 1. The van der Waals surface area contributed by atoms with Crippen LogP contribution in [0.2, 0.25) is 0 Å². The molecule has 0 amide bonds. The second-order valence-electron chi connectivity index (χ2n) is 4.76. The molecule has 0 aromatic rings. The van der Waals surface area contributed by atoms with Gasteiger partial charge in [0.25, 0.3) is 6.47 Å². The first kappa shape index (κ1) is 15.7. The molecule has 3 N–H and O–H groups in total. The van der Waals surface area contributed by atoms with E-state index in [4.69, 9.17) is 11.3 Å². The van der Waals surface area contributed by atoms with Crippen molar-refractivity contribution < 1.29 is 9.53 Å². The molecule has 7 heteroatoms. The van der Waals surface area contributed by atoms with Crippen LogP contribution < -0.4 is 11.1 Å². The Hall–Kier alpha value is -1.30. The van der Waals surface area contributed by atoms with E-state index in [1.165, 1.54) is 0 Å². The van der Waals surface area contributed by atoms with Gasteiger partial charge in [-0.2, -0.15) is 0 Å². The molecule has 0 aliphatic carbocycles. The van der Waals surface area contributed by atoms with Crippen LogP contribution in [0.25, 0.3) is 10.4 Å². The van der Waals surface area contributed by atoms with Crippen LogP contribution in [-0.2, 0) is 9.53 Å². The van der Waals surface area contributed by atoms with Gasteiger partial charge in [0.1, 0.15) is 5.60 Å². The Morgan fingerprint density at radius 3 is 2.59 bits per heavy atom. The van der Waals surface area contributed by atoms with Crippen LogP contribution in [-0.4, -0.2) is 37.2 Å². The minimum Gasteiger partial charge on any atom is -0.462 e. The molecule has 0 saturated carbocycles. The highest BCUT2D eigenvalue weighted by molar-refractivity contribution is 5.37. The van der Waals surface area contributed by atoms with Crippen LogP contribution in [0.15, 0.2) is 5.11 Å². The summed E-state index contributed by atoms with van der Waals surface area (Å²) in [5, 5.41) is 6.66. The summed E-state index contributed by atoms with van der Waals surface area (Å²) in [6.45, 7) is 7.56. The second-order valence-corrected chi connectivity index (χ2v) is 4.76. The van der Waals surface area contributed by atoms with E-state index in [9.17, 15) is 4.79 Å². The quantitative estimate of drug-likeness (QED) is 0.325. The van der Waals surface area contributed by atoms with Gasteiger partial charge in [-0.05, 0) is 39.3 Å². The van der Waals surface area contributed by atoms with Crippen molar-refractivity contribution in [1.82, 2.24) is 5.32 Å². The van der Waals surface area contributed by atoms with Crippen molar-refractivity contribution in [3.8, 4) is 0 Å². The standard InChI is InChI=1S/C5H11N5.C5H10O2/c6-4-1-2-8-3-5(4)9-10-7;1-5(2,3)7-4-6/h4-5,8H,1-3,6H2;4H,1-3H3. The number of carbonyl (C=O) groups is 1. The van der Waals surface area contributed by atoms with E-state index in [2.05, 4.69) is 20.1 Å². The summed E-state index contributed by atoms with van der Waals surface area (Å²) in [5.41, 5.74) is 13.5. The Bertz CT molecular complexity index is 270. The van der Waals surface area contributed by atoms with Gasteiger partial charge in [0.2, 0.25) is 0 Å². The Morgan fingerprint density at radius 2 is 2.24 bits per heavy atom. The third-order valence-corrected chi connectivity index (χ3v) is 2.10. The van der Waals surface area contributed by atoms with Crippen molar-refractivity contribution >= 4 is 6.47 Å². The maximum absolute atomic E-state index is 9.60. The number of rotatable bonds is 2. The average Bonchev–Trinajstić information content (AvgIpc) is 2.21. The van der Waals surface area contributed by atoms with Gasteiger partial charge in [0.05, 0.1) is 6.04 Å². The molecule has 0 bridgehead atoms. The molecule has 0 spiro atoms. The molecule has 0 radical (unpaired) electrons. The molecule has 1 aliphatic rings. The van der Waals surface area contributed by atoms with E-state index in [1.54, 1.807) is 0 Å². The van der Waals surface area contributed by atoms with Crippen LogP contribution in [0.4, 0.5) is 0 Å². The van der Waals surface area contributed by atoms with E-state index in [0.717, 1.165) is 13.0 Å². The molecular weight excluding hydrogens is 222 g/mol. The zero-order chi connectivity index (χ0) is 13.3. The first-order valence-electron chi connectivity index (χ1n) is 5.52. The van der Waals surface area contributed by atoms with Crippen molar-refractivity contribution in [2.75, 3.05) is 13.1 Å². The second kappa shape index (κ2) is 7.89. The van der Waals surface area contributed by atoms with E-state index in [1.807, 2.05) is 20.8 Å². The van der Waals surface area contributed by atoms with Gasteiger partial charge in [-0.1, -0.05) is 5.11 Å². The molecule has 7 nitrogen and oxygen atoms in total. The minimum atomic E-state index is -0.318. The van der Waals surface area contributed by atoms with Gasteiger partial charge in [0.15, 0.2) is 0 Å². The predicted octanol–water partition coefficient (Wildman–Crippen LogP) is 0.944. The summed E-state index contributed by atoms with van der Waals surface area (Å²) in [5.74, 6) is 0. The fourth-order valence-corrected chi connectivity index (χ4v) is 1.20. The molecule has 98 valence electrons. The Morgan fingerprint density at radius 1 is 1.59 bits per heavy atom. The lowest BCUT2D eigenvalue weighted by atomic mass is 10.0. The molecular formula is C10H21N5O2. The van der Waals surface area contributed by atoms with Gasteiger partial charge in [-0.15, -0.1) is 0 Å². The molecule has 2 unspecified atom stereocenters. The highest BCUT2D eigenvalue weighted by Gasteiger charge is 2.19. The molecule has 0 aromatic carbocycles. The third-order valence-electron chi connectivity index (χ3n) is 2.10. The fourth-order valence-electron chi connectivity index (χ4n) is 1.20. The van der Waals surface area contributed by atoms with Crippen LogP contribution in [0, 0.1) is 0 Å². The maximum Gasteiger partial charge on any atom is 0.293 e. The SMILES string of the molecule is CC(C)(C)OC=O.[N-]=[N+]=NC1CNCCC1N. The summed E-state index contributed by atoms with van der Waals surface area (Å²) in [4.78, 5) is 12.3. The Balaban J connectivity index is 0.000000325. The first-order chi connectivity index (χ1) is 7.90. The van der Waals surface area contributed by atoms with Gasteiger partial charge in [-0.25, -0.2) is 0 Å². The molecule has 17 heavy (non-hydrogen) atoms. The first-order valence-corrected chi connectivity index (χ1v) is 5.52. The summed E-state index contributed by atoms with van der Waals surface area (Å²) in [6.07, 6.45) is 0.893. The van der Waals surface area contributed by atoms with Crippen molar-refractivity contribution in [1.29, 1.82) is 0 Å². The van der Waals surface area contributed by atoms with Crippen LogP contribution in [0.5, 0.6) is 0 Å². The summed E-state index contributed by atoms with van der Waals surface area (Å²) < 4.78 is 4.55. The van der Waals surface area contributed by atoms with Crippen molar-refractivity contribution in [3.05, 3.63) is 10.4 Å². The molecule has 1 fully saturated rings. The Kier molecular flexibility index (Phi) is 7.29. The number of nitrogens with two attached hydrogens (primary N) is 1. The lowest BCUT2D eigenvalue weighted by molar-refractivity contribution is -0.138. The Labute approximate surface area is 101 Å². The van der Waals surface area contributed by atoms with Crippen molar-refractivity contribution in [2.45, 2.75) is 44.9 Å². The summed E-state index contributed by atoms with van der Waals surface area (Å²) in [7, 11) is 0. The molecule has 2 atom stereocenters. The van der Waals surface area contributed by atoms with Crippen LogP contribution in [0.3, 0.4) is 0 Å². The number of nitrogens with zero attached hydrogens (tertiary/aromatic N) is 3. The monoisotopic (exact) mass is 243 g/mol. The zero-order valence-electron chi connectivity index (χ0n) is 10.6. The number of ether oxygens (including phenoxy) is 1. The van der Waals surface area contributed by atoms with Gasteiger partial charge >= 0.3 is 0 Å². The highest BCUT2D eigenvalue weighted by Crippen LogP contribution is 2.04. The number of azide groups is 1. The smallest absolute Gasteiger partial charge is 0.293 e. The van der Waals surface area contributed by atoms with E-state index >= 15 is 0 Å². The maximum atomic E-state index is 9.60. The van der Waals surface area contributed by atoms with Gasteiger partial charge < -0.3 is 15.8 Å². The fraction of sp³-hybridized carbons (Fsp3) is 0.900. The number of nitrogens with one attached hydrogen (secondary N) is 1. The van der Waals surface area contributed by atoms with Crippen LogP contribution in [0.1, 0.15) is 27.2 Å². The summed E-state index contributed by atoms with van der Waals surface area (Å²) in [6, 6.07) is -0.0177.